The molecule has 3 rings (SSSR count). The van der Waals surface area contributed by atoms with Gasteiger partial charge in [0.25, 0.3) is 0 Å². The molecule has 0 amide bonds. The highest BCUT2D eigenvalue weighted by atomic mass is 15.3. The van der Waals surface area contributed by atoms with E-state index in [0.717, 1.165) is 22.0 Å². The van der Waals surface area contributed by atoms with E-state index in [1.54, 1.807) is 11.7 Å². The fourth-order valence-electron chi connectivity index (χ4n) is 2.23. The van der Waals surface area contributed by atoms with Crippen LogP contribution in [0.3, 0.4) is 0 Å². The largest absolute Gasteiger partial charge is 0.274 e. The Labute approximate surface area is 138 Å². The third-order valence-corrected chi connectivity index (χ3v) is 3.19. The van der Waals surface area contributed by atoms with E-state index in [-0.39, 0.29) is 0 Å². The molecule has 0 saturated carbocycles. The molecule has 0 bridgehead atoms. The van der Waals surface area contributed by atoms with Crippen LogP contribution in [-0.4, -0.2) is 14.8 Å². The maximum atomic E-state index is 9.10. The molecule has 3 aromatic rings. The molecule has 0 N–H and O–H groups in total. The highest BCUT2D eigenvalue weighted by molar-refractivity contribution is 5.88. The maximum absolute atomic E-state index is 9.10. The summed E-state index contributed by atoms with van der Waals surface area (Å²) in [4.78, 5) is 4.46. The first kappa shape index (κ1) is 18.4. The van der Waals surface area contributed by atoms with Gasteiger partial charge in [-0.05, 0) is 23.9 Å². The van der Waals surface area contributed by atoms with Gasteiger partial charge in [0.2, 0.25) is 0 Å². The second kappa shape index (κ2) is 8.70. The van der Waals surface area contributed by atoms with Gasteiger partial charge in [-0.2, -0.15) is 10.4 Å². The predicted molar refractivity (Wildman–Crippen MR) is 96.1 cm³/mol. The summed E-state index contributed by atoms with van der Waals surface area (Å²) in [5.41, 5.74) is 3.15. The van der Waals surface area contributed by atoms with Crippen molar-refractivity contribution < 1.29 is 0 Å². The van der Waals surface area contributed by atoms with Crippen molar-refractivity contribution in [2.45, 2.75) is 34.6 Å². The van der Waals surface area contributed by atoms with Gasteiger partial charge < -0.3 is 0 Å². The fourth-order valence-corrected chi connectivity index (χ4v) is 2.23. The van der Waals surface area contributed by atoms with Gasteiger partial charge in [-0.1, -0.05) is 45.9 Å². The van der Waals surface area contributed by atoms with E-state index in [1.807, 2.05) is 52.2 Å². The van der Waals surface area contributed by atoms with Crippen LogP contribution >= 0.6 is 0 Å². The van der Waals surface area contributed by atoms with Gasteiger partial charge in [0.05, 0.1) is 11.3 Å². The molecule has 0 aliphatic carbocycles. The van der Waals surface area contributed by atoms with Crippen LogP contribution in [0.25, 0.3) is 22.0 Å². The summed E-state index contributed by atoms with van der Waals surface area (Å²) in [7, 11) is 1.80. The van der Waals surface area contributed by atoms with E-state index in [0.29, 0.717) is 5.69 Å². The topological polar surface area (TPSA) is 54.5 Å². The van der Waals surface area contributed by atoms with Crippen LogP contribution in [-0.2, 0) is 7.05 Å². The normalized spacial score (nSPS) is 9.26. The molecule has 0 aliphatic rings. The lowest BCUT2D eigenvalue weighted by Gasteiger charge is -2.03. The molecule has 0 unspecified atom stereocenters. The summed E-state index contributed by atoms with van der Waals surface area (Å²) in [5, 5.41) is 15.5. The van der Waals surface area contributed by atoms with E-state index in [9.17, 15) is 0 Å². The Bertz CT molecular complexity index is 810. The molecule has 0 spiro atoms. The van der Waals surface area contributed by atoms with Crippen LogP contribution in [0.15, 0.2) is 36.7 Å². The number of nitriles is 1. The molecular formula is C19H24N4. The number of nitrogens with zero attached hydrogens (tertiary/aromatic N) is 4. The second-order valence-electron chi connectivity index (χ2n) is 4.54. The fraction of sp³-hybridized carbons (Fsp3) is 0.316. The molecule has 2 aromatic heterocycles. The summed E-state index contributed by atoms with van der Waals surface area (Å²) >= 11 is 0. The van der Waals surface area contributed by atoms with Crippen molar-refractivity contribution in [1.29, 1.82) is 5.26 Å². The third-order valence-electron chi connectivity index (χ3n) is 3.19. The van der Waals surface area contributed by atoms with Gasteiger partial charge >= 0.3 is 0 Å². The van der Waals surface area contributed by atoms with Crippen LogP contribution in [0, 0.1) is 18.3 Å². The Morgan fingerprint density at radius 2 is 1.83 bits per heavy atom. The molecule has 23 heavy (non-hydrogen) atoms. The van der Waals surface area contributed by atoms with E-state index >= 15 is 0 Å². The van der Waals surface area contributed by atoms with E-state index in [4.69, 9.17) is 5.26 Å². The van der Waals surface area contributed by atoms with Crippen molar-refractivity contribution >= 4 is 10.8 Å². The number of benzene rings is 1. The SMILES string of the molecule is CC.CC.Cc1cccc2cc(-c3cn(C)nc3C#N)ncc12. The van der Waals surface area contributed by atoms with Gasteiger partial charge in [0.15, 0.2) is 5.69 Å². The molecule has 1 aromatic carbocycles. The number of rotatable bonds is 1. The zero-order valence-electron chi connectivity index (χ0n) is 14.8. The van der Waals surface area contributed by atoms with Gasteiger partial charge in [-0.15, -0.1) is 0 Å². The number of aromatic nitrogens is 3. The first-order valence-corrected chi connectivity index (χ1v) is 7.98. The minimum atomic E-state index is 0.405. The quantitative estimate of drug-likeness (QED) is 0.644. The molecule has 2 heterocycles. The van der Waals surface area contributed by atoms with E-state index in [2.05, 4.69) is 35.2 Å². The standard InChI is InChI=1S/C15H12N4.2C2H6/c1-10-4-3-5-11-6-14(17-8-12(10)11)13-9-19(2)18-15(13)7-16;2*1-2/h3-6,8-9H,1-2H3;2*1-2H3. The summed E-state index contributed by atoms with van der Waals surface area (Å²) in [6, 6.07) is 10.2. The van der Waals surface area contributed by atoms with Gasteiger partial charge in [0.1, 0.15) is 6.07 Å². The average molecular weight is 308 g/mol. The number of pyridine rings is 1. The number of hydrogen-bond donors (Lipinski definition) is 0. The Kier molecular flexibility index (Phi) is 6.95. The summed E-state index contributed by atoms with van der Waals surface area (Å²) < 4.78 is 1.63. The van der Waals surface area contributed by atoms with E-state index < -0.39 is 0 Å². The second-order valence-corrected chi connectivity index (χ2v) is 4.54. The zero-order chi connectivity index (χ0) is 17.4. The minimum absolute atomic E-state index is 0.405. The molecule has 0 aliphatic heterocycles. The third kappa shape index (κ3) is 3.95. The van der Waals surface area contributed by atoms with Gasteiger partial charge in [-0.25, -0.2) is 0 Å². The molecule has 0 atom stereocenters. The molecular weight excluding hydrogens is 284 g/mol. The van der Waals surface area contributed by atoms with Crippen LogP contribution in [0.2, 0.25) is 0 Å². The van der Waals surface area contributed by atoms with Crippen LogP contribution < -0.4 is 0 Å². The maximum Gasteiger partial charge on any atom is 0.171 e. The lowest BCUT2D eigenvalue weighted by molar-refractivity contribution is 0.763. The monoisotopic (exact) mass is 308 g/mol. The lowest BCUT2D eigenvalue weighted by Crippen LogP contribution is -1.87. The average Bonchev–Trinajstić information content (AvgIpc) is 2.99. The van der Waals surface area contributed by atoms with Crippen molar-refractivity contribution in [2.24, 2.45) is 7.05 Å². The minimum Gasteiger partial charge on any atom is -0.274 e. The first-order chi connectivity index (χ1) is 11.2. The Morgan fingerprint density at radius 3 is 2.48 bits per heavy atom. The summed E-state index contributed by atoms with van der Waals surface area (Å²) in [6.07, 6.45) is 3.68. The highest BCUT2D eigenvalue weighted by Crippen LogP contribution is 2.25. The van der Waals surface area contributed by atoms with Gasteiger partial charge in [0, 0.05) is 24.8 Å². The van der Waals surface area contributed by atoms with Gasteiger partial charge in [-0.3, -0.25) is 9.67 Å². The molecule has 0 radical (unpaired) electrons. The zero-order valence-corrected chi connectivity index (χ0v) is 14.8. The molecule has 120 valence electrons. The smallest absolute Gasteiger partial charge is 0.171 e. The number of hydrogen-bond acceptors (Lipinski definition) is 3. The van der Waals surface area contributed by atoms with Crippen molar-refractivity contribution in [1.82, 2.24) is 14.8 Å². The van der Waals surface area contributed by atoms with Crippen molar-refractivity contribution in [3.8, 4) is 17.3 Å². The molecule has 4 nitrogen and oxygen atoms in total. The number of aryl methyl sites for hydroxylation is 2. The first-order valence-electron chi connectivity index (χ1n) is 7.98. The summed E-state index contributed by atoms with van der Waals surface area (Å²) in [5.74, 6) is 0. The molecule has 4 heteroatoms. The van der Waals surface area contributed by atoms with E-state index in [1.165, 1.54) is 5.56 Å². The Morgan fingerprint density at radius 1 is 1.13 bits per heavy atom. The Balaban J connectivity index is 0.000000615. The highest BCUT2D eigenvalue weighted by Gasteiger charge is 2.11. The molecule has 0 fully saturated rings. The number of fused-ring (bicyclic) bond motifs is 1. The molecule has 0 saturated heterocycles. The van der Waals surface area contributed by atoms with Crippen molar-refractivity contribution in [3.05, 3.63) is 47.9 Å². The Hall–Kier alpha value is -2.67. The van der Waals surface area contributed by atoms with Crippen LogP contribution in [0.5, 0.6) is 0 Å². The van der Waals surface area contributed by atoms with Crippen molar-refractivity contribution in [3.63, 3.8) is 0 Å². The van der Waals surface area contributed by atoms with Crippen LogP contribution in [0.4, 0.5) is 0 Å². The van der Waals surface area contributed by atoms with Crippen LogP contribution in [0.1, 0.15) is 39.0 Å². The lowest BCUT2D eigenvalue weighted by atomic mass is 10.1. The predicted octanol–water partition coefficient (Wildman–Crippen LogP) is 4.87. The summed E-state index contributed by atoms with van der Waals surface area (Å²) in [6.45, 7) is 10.1. The van der Waals surface area contributed by atoms with Crippen molar-refractivity contribution in [2.75, 3.05) is 0 Å².